The van der Waals surface area contributed by atoms with Crippen LogP contribution in [0, 0.1) is 5.82 Å². The summed E-state index contributed by atoms with van der Waals surface area (Å²) in [5.74, 6) is -0.0300. The third-order valence-electron chi connectivity index (χ3n) is 3.63. The van der Waals surface area contributed by atoms with Crippen molar-refractivity contribution in [2.75, 3.05) is 0 Å². The van der Waals surface area contributed by atoms with Crippen LogP contribution >= 0.6 is 15.9 Å². The summed E-state index contributed by atoms with van der Waals surface area (Å²) in [6, 6.07) is 16.2. The zero-order valence-corrected chi connectivity index (χ0v) is 16.0. The molecule has 3 rings (SSSR count). The first-order valence-corrected chi connectivity index (χ1v) is 9.88. The van der Waals surface area contributed by atoms with E-state index < -0.39 is 10.8 Å². The Balaban J connectivity index is 1.60. The second-order valence-corrected chi connectivity index (χ2v) is 7.79. The molecule has 0 saturated carbocycles. The topological polar surface area (TPSA) is 59.3 Å². The van der Waals surface area contributed by atoms with E-state index in [0.717, 1.165) is 10.0 Å². The van der Waals surface area contributed by atoms with Crippen molar-refractivity contribution in [3.63, 3.8) is 0 Å². The number of hydrogen-bond acceptors (Lipinski definition) is 3. The van der Waals surface area contributed by atoms with Gasteiger partial charge >= 0.3 is 0 Å². The Hall–Kier alpha value is -2.25. The summed E-state index contributed by atoms with van der Waals surface area (Å²) in [5, 5.41) is 2.78. The van der Waals surface area contributed by atoms with Gasteiger partial charge in [-0.1, -0.05) is 34.1 Å². The molecule has 0 aliphatic heterocycles. The number of benzene rings is 2. The number of halogens is 2. The summed E-state index contributed by atoms with van der Waals surface area (Å²) < 4.78 is 31.6. The number of rotatable bonds is 6. The Labute approximate surface area is 161 Å². The summed E-state index contributed by atoms with van der Waals surface area (Å²) in [6.07, 6.45) is 0. The highest BCUT2D eigenvalue weighted by molar-refractivity contribution is 9.10. The smallest absolute Gasteiger partial charge is 0.287 e. The molecule has 1 heterocycles. The molecule has 0 aliphatic rings. The summed E-state index contributed by atoms with van der Waals surface area (Å²) >= 11 is 3.43. The third kappa shape index (κ3) is 4.68. The van der Waals surface area contributed by atoms with Gasteiger partial charge in [0.2, 0.25) is 0 Å². The highest BCUT2D eigenvalue weighted by atomic mass is 79.9. The van der Waals surface area contributed by atoms with Crippen molar-refractivity contribution in [2.24, 2.45) is 0 Å². The van der Waals surface area contributed by atoms with Crippen LogP contribution in [0.5, 0.6) is 0 Å². The molecule has 7 heteroatoms. The maximum absolute atomic E-state index is 12.9. The van der Waals surface area contributed by atoms with Gasteiger partial charge in [0.1, 0.15) is 11.6 Å². The maximum Gasteiger partial charge on any atom is 0.287 e. The van der Waals surface area contributed by atoms with E-state index in [2.05, 4.69) is 21.2 Å². The van der Waals surface area contributed by atoms with Crippen LogP contribution in [0.25, 0.3) is 0 Å². The van der Waals surface area contributed by atoms with Crippen LogP contribution in [0.3, 0.4) is 0 Å². The molecule has 4 nitrogen and oxygen atoms in total. The zero-order chi connectivity index (χ0) is 18.5. The first-order chi connectivity index (χ1) is 12.5. The molecule has 0 radical (unpaired) electrons. The average Bonchev–Trinajstić information content (AvgIpc) is 3.10. The molecule has 1 atom stereocenters. The number of hydrogen-bond donors (Lipinski definition) is 1. The molecule has 0 fully saturated rings. The lowest BCUT2D eigenvalue weighted by atomic mass is 10.2. The molecule has 1 amide bonds. The molecule has 0 unspecified atom stereocenters. The minimum absolute atomic E-state index is 0.114. The lowest BCUT2D eigenvalue weighted by Crippen LogP contribution is -2.22. The first kappa shape index (κ1) is 18.5. The van der Waals surface area contributed by atoms with E-state index in [4.69, 9.17) is 4.42 Å². The molecule has 134 valence electrons. The fourth-order valence-corrected chi connectivity index (χ4v) is 3.73. The lowest BCUT2D eigenvalue weighted by molar-refractivity contribution is 0.0921. The van der Waals surface area contributed by atoms with Crippen LogP contribution in [-0.2, 0) is 23.1 Å². The summed E-state index contributed by atoms with van der Waals surface area (Å²) in [6.45, 7) is 0.359. The molecule has 3 aromatic rings. The average molecular weight is 436 g/mol. The molecule has 0 bridgehead atoms. The van der Waals surface area contributed by atoms with E-state index in [1.54, 1.807) is 12.1 Å². The fraction of sp³-hybridized carbons (Fsp3) is 0.105. The number of carbonyl (C=O) groups is 1. The summed E-state index contributed by atoms with van der Waals surface area (Å²) in [7, 11) is -1.38. The molecule has 0 spiro atoms. The number of nitrogens with one attached hydrogen (secondary N) is 1. The first-order valence-electron chi connectivity index (χ1n) is 7.77. The molecule has 0 saturated heterocycles. The van der Waals surface area contributed by atoms with E-state index in [9.17, 15) is 13.4 Å². The Kier molecular flexibility index (Phi) is 6.00. The normalized spacial score (nSPS) is 11.9. The van der Waals surface area contributed by atoms with Crippen molar-refractivity contribution >= 4 is 32.6 Å². The van der Waals surface area contributed by atoms with Crippen LogP contribution in [0.15, 0.2) is 74.4 Å². The van der Waals surface area contributed by atoms with Gasteiger partial charge in [-0.3, -0.25) is 9.00 Å². The van der Waals surface area contributed by atoms with Crippen LogP contribution in [-0.4, -0.2) is 10.1 Å². The van der Waals surface area contributed by atoms with E-state index in [1.165, 1.54) is 24.3 Å². The van der Waals surface area contributed by atoms with Crippen LogP contribution in [0.4, 0.5) is 4.39 Å². The van der Waals surface area contributed by atoms with Crippen molar-refractivity contribution in [3.05, 3.63) is 88.0 Å². The van der Waals surface area contributed by atoms with Gasteiger partial charge in [0.05, 0.1) is 16.6 Å². The van der Waals surface area contributed by atoms with Gasteiger partial charge in [-0.25, -0.2) is 4.39 Å². The van der Waals surface area contributed by atoms with Crippen LogP contribution in [0.2, 0.25) is 0 Å². The molecule has 1 aromatic heterocycles. The van der Waals surface area contributed by atoms with Gasteiger partial charge in [0, 0.05) is 15.9 Å². The lowest BCUT2D eigenvalue weighted by Gasteiger charge is -2.05. The monoisotopic (exact) mass is 435 g/mol. The van der Waals surface area contributed by atoms with Crippen molar-refractivity contribution in [1.82, 2.24) is 5.32 Å². The number of carbonyl (C=O) groups excluding carboxylic acids is 1. The SMILES string of the molecule is O=C(NCc1ccccc1Br)c1ccc(C[S@@](=O)c2ccc(F)cc2)o1. The van der Waals surface area contributed by atoms with Crippen molar-refractivity contribution in [3.8, 4) is 0 Å². The Morgan fingerprint density at radius 1 is 1.08 bits per heavy atom. The third-order valence-corrected chi connectivity index (χ3v) is 5.75. The minimum Gasteiger partial charge on any atom is -0.455 e. The zero-order valence-electron chi connectivity index (χ0n) is 13.6. The second kappa shape index (κ2) is 8.42. The maximum atomic E-state index is 12.9. The Bertz CT molecular complexity index is 940. The molecule has 26 heavy (non-hydrogen) atoms. The van der Waals surface area contributed by atoms with Gasteiger partial charge in [0.15, 0.2) is 5.76 Å². The highest BCUT2D eigenvalue weighted by Crippen LogP contribution is 2.17. The Morgan fingerprint density at radius 2 is 1.81 bits per heavy atom. The van der Waals surface area contributed by atoms with Crippen LogP contribution in [0.1, 0.15) is 21.9 Å². The molecule has 2 aromatic carbocycles. The van der Waals surface area contributed by atoms with E-state index in [-0.39, 0.29) is 23.2 Å². The number of amides is 1. The van der Waals surface area contributed by atoms with Gasteiger partial charge in [-0.15, -0.1) is 0 Å². The van der Waals surface area contributed by atoms with Gasteiger partial charge < -0.3 is 9.73 Å². The Morgan fingerprint density at radius 3 is 2.54 bits per heavy atom. The summed E-state index contributed by atoms with van der Waals surface area (Å²) in [4.78, 5) is 12.7. The van der Waals surface area contributed by atoms with Gasteiger partial charge in [-0.05, 0) is 48.0 Å². The van der Waals surface area contributed by atoms with Gasteiger partial charge in [0.25, 0.3) is 5.91 Å². The van der Waals surface area contributed by atoms with Crippen molar-refractivity contribution < 1.29 is 17.8 Å². The molecule has 1 N–H and O–H groups in total. The minimum atomic E-state index is -1.38. The second-order valence-electron chi connectivity index (χ2n) is 5.48. The number of furan rings is 1. The van der Waals surface area contributed by atoms with E-state index >= 15 is 0 Å². The molecular weight excluding hydrogens is 421 g/mol. The fourth-order valence-electron chi connectivity index (χ4n) is 2.28. The summed E-state index contributed by atoms with van der Waals surface area (Å²) in [5.41, 5.74) is 0.949. The largest absolute Gasteiger partial charge is 0.455 e. The molecular formula is C19H15BrFNO3S. The van der Waals surface area contributed by atoms with Crippen LogP contribution < -0.4 is 5.32 Å². The van der Waals surface area contributed by atoms with E-state index in [1.807, 2.05) is 24.3 Å². The molecule has 0 aliphatic carbocycles. The standard InChI is InChI=1S/C19H15BrFNO3S/c20-17-4-2-1-3-13(17)11-22-19(23)18-10-7-15(25-18)12-26(24)16-8-5-14(21)6-9-16/h1-10H,11-12H2,(H,22,23)/t26-/m1/s1. The van der Waals surface area contributed by atoms with Crippen molar-refractivity contribution in [1.29, 1.82) is 0 Å². The quantitative estimate of drug-likeness (QED) is 0.623. The predicted molar refractivity (Wildman–Crippen MR) is 101 cm³/mol. The van der Waals surface area contributed by atoms with Gasteiger partial charge in [-0.2, -0.15) is 0 Å². The predicted octanol–water partition coefficient (Wildman–Crippen LogP) is 4.42. The highest BCUT2D eigenvalue weighted by Gasteiger charge is 2.14. The van der Waals surface area contributed by atoms with Crippen molar-refractivity contribution in [2.45, 2.75) is 17.2 Å². The van der Waals surface area contributed by atoms with E-state index in [0.29, 0.717) is 17.2 Å².